The van der Waals surface area contributed by atoms with Crippen molar-refractivity contribution in [2.24, 2.45) is 11.1 Å². The minimum absolute atomic E-state index is 0. The van der Waals surface area contributed by atoms with Crippen LogP contribution in [-0.4, -0.2) is 24.0 Å². The molecule has 2 rings (SSSR count). The fourth-order valence-electron chi connectivity index (χ4n) is 2.15. The van der Waals surface area contributed by atoms with E-state index in [1.165, 1.54) is 12.1 Å². The lowest BCUT2D eigenvalue weighted by atomic mass is 9.88. The largest absolute Gasteiger partial charge is 0.411 e. The van der Waals surface area contributed by atoms with Crippen LogP contribution in [0, 0.1) is 17.6 Å². The second-order valence-electron chi connectivity index (χ2n) is 4.13. The topological polar surface area (TPSA) is 44.6 Å². The predicted octanol–water partition coefficient (Wildman–Crippen LogP) is 2.56. The highest BCUT2D eigenvalue weighted by molar-refractivity contribution is 6.02. The number of nitrogens with one attached hydrogen (secondary N) is 1. The van der Waals surface area contributed by atoms with E-state index in [4.69, 9.17) is 5.21 Å². The van der Waals surface area contributed by atoms with Gasteiger partial charge < -0.3 is 10.5 Å². The summed E-state index contributed by atoms with van der Waals surface area (Å²) in [5.74, 6) is -1.30. The first-order chi connectivity index (χ1) is 8.22. The molecule has 1 fully saturated rings. The smallest absolute Gasteiger partial charge is 0.135 e. The molecule has 3 nitrogen and oxygen atoms in total. The molecule has 0 radical (unpaired) electrons. The molecule has 1 aromatic rings. The van der Waals surface area contributed by atoms with Gasteiger partial charge in [-0.2, -0.15) is 0 Å². The molecule has 1 aromatic carbocycles. The maximum Gasteiger partial charge on any atom is 0.135 e. The molecule has 0 atom stereocenters. The SMILES string of the molecule is Cl.O/N=C(/c1ccc(F)cc1F)C1CCNCC1. The zero-order valence-corrected chi connectivity index (χ0v) is 10.5. The zero-order chi connectivity index (χ0) is 12.3. The van der Waals surface area contributed by atoms with Gasteiger partial charge in [0.15, 0.2) is 0 Å². The molecule has 0 bridgehead atoms. The standard InChI is InChI=1S/C12H14F2N2O.ClH/c13-9-1-2-10(11(14)7-9)12(16-17)8-3-5-15-6-4-8;/h1-2,7-8,15,17H,3-6H2;1H/b16-12+;. The van der Waals surface area contributed by atoms with Gasteiger partial charge in [0.2, 0.25) is 0 Å². The van der Waals surface area contributed by atoms with Crippen LogP contribution in [0.15, 0.2) is 23.4 Å². The minimum Gasteiger partial charge on any atom is -0.411 e. The molecule has 100 valence electrons. The minimum atomic E-state index is -0.684. The predicted molar refractivity (Wildman–Crippen MR) is 67.5 cm³/mol. The highest BCUT2D eigenvalue weighted by Crippen LogP contribution is 2.21. The highest BCUT2D eigenvalue weighted by Gasteiger charge is 2.23. The Morgan fingerprint density at radius 2 is 1.94 bits per heavy atom. The third kappa shape index (κ3) is 3.17. The summed E-state index contributed by atoms with van der Waals surface area (Å²) in [6.07, 6.45) is 1.58. The second kappa shape index (κ2) is 6.66. The molecular formula is C12H15ClF2N2O. The number of nitrogens with zero attached hydrogens (tertiary/aromatic N) is 1. The Bertz CT molecular complexity index is 434. The third-order valence-corrected chi connectivity index (χ3v) is 3.04. The maximum atomic E-state index is 13.6. The summed E-state index contributed by atoms with van der Waals surface area (Å²) in [4.78, 5) is 0. The summed E-state index contributed by atoms with van der Waals surface area (Å²) < 4.78 is 26.4. The Labute approximate surface area is 110 Å². The van der Waals surface area contributed by atoms with Gasteiger partial charge in [-0.1, -0.05) is 5.16 Å². The van der Waals surface area contributed by atoms with Gasteiger partial charge in [0, 0.05) is 17.5 Å². The zero-order valence-electron chi connectivity index (χ0n) is 9.70. The Balaban J connectivity index is 0.00000162. The van der Waals surface area contributed by atoms with Crippen LogP contribution in [-0.2, 0) is 0 Å². The van der Waals surface area contributed by atoms with Crippen LogP contribution in [0.2, 0.25) is 0 Å². The van der Waals surface area contributed by atoms with E-state index < -0.39 is 11.6 Å². The first-order valence-electron chi connectivity index (χ1n) is 5.60. The molecule has 1 aliphatic rings. The Morgan fingerprint density at radius 3 is 2.50 bits per heavy atom. The molecule has 1 heterocycles. The van der Waals surface area contributed by atoms with Crippen LogP contribution < -0.4 is 5.32 Å². The van der Waals surface area contributed by atoms with E-state index in [2.05, 4.69) is 10.5 Å². The molecule has 0 saturated carbocycles. The van der Waals surface area contributed by atoms with Crippen molar-refractivity contribution in [3.05, 3.63) is 35.4 Å². The second-order valence-corrected chi connectivity index (χ2v) is 4.13. The fraction of sp³-hybridized carbons (Fsp3) is 0.417. The van der Waals surface area contributed by atoms with Crippen LogP contribution in [0.1, 0.15) is 18.4 Å². The monoisotopic (exact) mass is 276 g/mol. The lowest BCUT2D eigenvalue weighted by molar-refractivity contribution is 0.311. The Hall–Kier alpha value is -1.20. The summed E-state index contributed by atoms with van der Waals surface area (Å²) in [5.41, 5.74) is 0.491. The summed E-state index contributed by atoms with van der Waals surface area (Å²) in [5, 5.41) is 15.4. The fourth-order valence-corrected chi connectivity index (χ4v) is 2.15. The van der Waals surface area contributed by atoms with Gasteiger partial charge in [-0.3, -0.25) is 0 Å². The molecule has 6 heteroatoms. The van der Waals surface area contributed by atoms with E-state index in [0.29, 0.717) is 5.71 Å². The summed E-state index contributed by atoms with van der Waals surface area (Å²) in [7, 11) is 0. The van der Waals surface area contributed by atoms with Crippen molar-refractivity contribution in [2.45, 2.75) is 12.8 Å². The average Bonchev–Trinajstić information content (AvgIpc) is 2.34. The van der Waals surface area contributed by atoms with Crippen LogP contribution >= 0.6 is 12.4 Å². The van der Waals surface area contributed by atoms with E-state index in [-0.39, 0.29) is 23.9 Å². The van der Waals surface area contributed by atoms with Crippen molar-refractivity contribution in [3.8, 4) is 0 Å². The summed E-state index contributed by atoms with van der Waals surface area (Å²) in [6.45, 7) is 1.62. The first kappa shape index (κ1) is 14.9. The van der Waals surface area contributed by atoms with Gasteiger partial charge in [0.25, 0.3) is 0 Å². The van der Waals surface area contributed by atoms with E-state index in [0.717, 1.165) is 32.0 Å². The Morgan fingerprint density at radius 1 is 1.28 bits per heavy atom. The van der Waals surface area contributed by atoms with Crippen LogP contribution in [0.5, 0.6) is 0 Å². The van der Waals surface area contributed by atoms with E-state index in [1.54, 1.807) is 0 Å². The highest BCUT2D eigenvalue weighted by atomic mass is 35.5. The number of benzene rings is 1. The molecule has 1 aliphatic heterocycles. The first-order valence-corrected chi connectivity index (χ1v) is 5.60. The van der Waals surface area contributed by atoms with E-state index in [1.807, 2.05) is 0 Å². The summed E-state index contributed by atoms with van der Waals surface area (Å²) in [6, 6.07) is 3.30. The van der Waals surface area contributed by atoms with Crippen molar-refractivity contribution < 1.29 is 14.0 Å². The van der Waals surface area contributed by atoms with Crippen molar-refractivity contribution >= 4 is 18.1 Å². The van der Waals surface area contributed by atoms with Gasteiger partial charge in [0.05, 0.1) is 5.71 Å². The number of halogens is 3. The van der Waals surface area contributed by atoms with Crippen molar-refractivity contribution in [1.29, 1.82) is 0 Å². The van der Waals surface area contributed by atoms with Crippen LogP contribution in [0.3, 0.4) is 0 Å². The van der Waals surface area contributed by atoms with Crippen LogP contribution in [0.25, 0.3) is 0 Å². The lowest BCUT2D eigenvalue weighted by Crippen LogP contribution is -2.32. The summed E-state index contributed by atoms with van der Waals surface area (Å²) >= 11 is 0. The van der Waals surface area contributed by atoms with Gasteiger partial charge in [-0.05, 0) is 38.1 Å². The molecule has 0 aliphatic carbocycles. The quantitative estimate of drug-likeness (QED) is 0.495. The molecule has 0 spiro atoms. The van der Waals surface area contributed by atoms with Gasteiger partial charge in [-0.15, -0.1) is 12.4 Å². The molecule has 18 heavy (non-hydrogen) atoms. The lowest BCUT2D eigenvalue weighted by Gasteiger charge is -2.23. The average molecular weight is 277 g/mol. The van der Waals surface area contributed by atoms with Crippen molar-refractivity contribution in [1.82, 2.24) is 5.32 Å². The van der Waals surface area contributed by atoms with E-state index >= 15 is 0 Å². The molecule has 0 aromatic heterocycles. The number of hydrogen-bond acceptors (Lipinski definition) is 3. The number of oxime groups is 1. The molecule has 0 unspecified atom stereocenters. The van der Waals surface area contributed by atoms with Crippen molar-refractivity contribution in [3.63, 3.8) is 0 Å². The van der Waals surface area contributed by atoms with E-state index in [9.17, 15) is 8.78 Å². The molecule has 1 saturated heterocycles. The molecular weight excluding hydrogens is 262 g/mol. The third-order valence-electron chi connectivity index (χ3n) is 3.04. The van der Waals surface area contributed by atoms with Crippen LogP contribution in [0.4, 0.5) is 8.78 Å². The maximum absolute atomic E-state index is 13.6. The normalized spacial score (nSPS) is 17.3. The van der Waals surface area contributed by atoms with Gasteiger partial charge in [0.1, 0.15) is 11.6 Å². The van der Waals surface area contributed by atoms with Crippen molar-refractivity contribution in [2.75, 3.05) is 13.1 Å². The van der Waals surface area contributed by atoms with Gasteiger partial charge >= 0.3 is 0 Å². The number of hydrogen-bond donors (Lipinski definition) is 2. The number of rotatable bonds is 2. The molecule has 0 amide bonds. The van der Waals surface area contributed by atoms with Gasteiger partial charge in [-0.25, -0.2) is 8.78 Å². The number of piperidine rings is 1. The Kier molecular flexibility index (Phi) is 5.50. The molecule has 2 N–H and O–H groups in total.